The molecule has 1 atom stereocenters. The summed E-state index contributed by atoms with van der Waals surface area (Å²) in [5.74, 6) is 0. The molecule has 3 aliphatic rings. The summed E-state index contributed by atoms with van der Waals surface area (Å²) in [6.07, 6.45) is 0. The van der Waals surface area contributed by atoms with E-state index in [-0.39, 0.29) is 51.4 Å². The Morgan fingerprint density at radius 2 is 0.741 bits per heavy atom. The molecule has 1 unspecified atom stereocenters. The molecule has 0 amide bonds. The zero-order valence-electron chi connectivity index (χ0n) is 68.8. The molecule has 15 aromatic rings. The predicted molar refractivity (Wildman–Crippen MR) is 463 cm³/mol. The van der Waals surface area contributed by atoms with Gasteiger partial charge in [0.2, 0.25) is 0 Å². The van der Waals surface area contributed by atoms with Crippen molar-refractivity contribution in [3.63, 3.8) is 0 Å². The van der Waals surface area contributed by atoms with Gasteiger partial charge in [-0.15, -0.1) is 0 Å². The van der Waals surface area contributed by atoms with Gasteiger partial charge in [0.1, 0.15) is 0 Å². The molecule has 1 aliphatic carbocycles. The third-order valence-electron chi connectivity index (χ3n) is 23.2. The Morgan fingerprint density at radius 3 is 1.34 bits per heavy atom. The number of anilines is 6. The second-order valence-electron chi connectivity index (χ2n) is 34.0. The van der Waals surface area contributed by atoms with Crippen LogP contribution in [0, 0.1) is 0 Å². The molecule has 2 aliphatic heterocycles. The second kappa shape index (κ2) is 25.7. The Balaban J connectivity index is 1.07. The molecule has 0 radical (unpaired) electrons. The third-order valence-corrected chi connectivity index (χ3v) is 23.2. The van der Waals surface area contributed by atoms with Crippen molar-refractivity contribution in [2.75, 3.05) is 9.80 Å². The van der Waals surface area contributed by atoms with Crippen LogP contribution < -0.4 is 26.2 Å². The van der Waals surface area contributed by atoms with E-state index in [1.807, 2.05) is 6.07 Å². The van der Waals surface area contributed by atoms with Crippen molar-refractivity contribution >= 4 is 68.0 Å². The first-order valence-corrected chi connectivity index (χ1v) is 38.2. The lowest BCUT2D eigenvalue weighted by atomic mass is 9.33. The van der Waals surface area contributed by atoms with Gasteiger partial charge in [0.15, 0.2) is 0 Å². The SMILES string of the molecule is [2H]c1c([2H])c([2H])c(-c2ccc3c(c2)N(c2ccc(C(C)(C)C)cc2-c2ccccc2)c2cc(-c4cccc5c4C(c4ccccc4)(c4cccc6ccccc46)c4ccccc4-5)cc4c2B3c2ccc(-c3cc(C(C)(C)C)cc(C(C)(C)C)c3)cc2N4c2c(-c3ccccc3)cc(C(C)(C)C)cc2-c2ccccc2)c([2H])c1[2H]. The number of hydrogen-bond acceptors (Lipinski definition) is 2. The molecular formula is C105H91BN2. The highest BCUT2D eigenvalue weighted by Crippen LogP contribution is 2.62. The summed E-state index contributed by atoms with van der Waals surface area (Å²) in [6.45, 7) is 27.3. The second-order valence-corrected chi connectivity index (χ2v) is 34.0. The van der Waals surface area contributed by atoms with Gasteiger partial charge in [-0.05, 0) is 203 Å². The molecule has 2 nitrogen and oxygen atoms in total. The number of hydrogen-bond donors (Lipinski definition) is 0. The van der Waals surface area contributed by atoms with E-state index in [0.717, 1.165) is 123 Å². The molecule has 0 spiro atoms. The maximum atomic E-state index is 9.72. The van der Waals surface area contributed by atoms with E-state index >= 15 is 0 Å². The Bertz CT molecular complexity index is 6230. The van der Waals surface area contributed by atoms with E-state index in [2.05, 4.69) is 390 Å². The van der Waals surface area contributed by atoms with Crippen molar-refractivity contribution in [1.29, 1.82) is 0 Å². The molecule has 0 aromatic heterocycles. The van der Waals surface area contributed by atoms with E-state index in [4.69, 9.17) is 1.37 Å². The van der Waals surface area contributed by atoms with E-state index < -0.39 is 18.2 Å². The fourth-order valence-electron chi connectivity index (χ4n) is 17.6. The van der Waals surface area contributed by atoms with Crippen molar-refractivity contribution in [2.24, 2.45) is 0 Å². The highest BCUT2D eigenvalue weighted by atomic mass is 15.2. The summed E-state index contributed by atoms with van der Waals surface area (Å²) in [5.41, 5.74) is 30.5. The first-order chi connectivity index (χ1) is 54.2. The first-order valence-electron chi connectivity index (χ1n) is 40.7. The highest BCUT2D eigenvalue weighted by molar-refractivity contribution is 7.00. The minimum absolute atomic E-state index is 0.142. The van der Waals surface area contributed by atoms with Gasteiger partial charge in [0.25, 0.3) is 6.71 Å². The topological polar surface area (TPSA) is 6.48 Å². The highest BCUT2D eigenvalue weighted by Gasteiger charge is 2.50. The Morgan fingerprint density at radius 1 is 0.287 bits per heavy atom. The zero-order chi connectivity index (χ0) is 78.5. The summed E-state index contributed by atoms with van der Waals surface area (Å²) >= 11 is 0. The molecular weight excluding hydrogens is 1300 g/mol. The van der Waals surface area contributed by atoms with Crippen LogP contribution in [0.25, 0.3) is 88.7 Å². The summed E-state index contributed by atoms with van der Waals surface area (Å²) < 4.78 is 46.7. The maximum absolute atomic E-state index is 9.72. The standard InChI is InChI=1S/C105H91BN2/c1-101(2,3)78-54-57-93(86(65-78)70-36-20-14-21-37-70)107-94-60-73(68-34-18-13-19-35-68)52-55-91(94)106-92-56-53-74(75-58-79(102(4,5)6)64-80(59-75)103(7,8)9)61-95(92)108(100-87(71-38-22-15-23-39-71)66-81(104(10,11)12)67-88(100)72-40-24-16-25-41-72)97-63-76(62-96(107)99(97)106)83-48-33-49-85-84-47-30-31-50-90(84)105(98(83)85,77-44-26-17-27-45-77)89-51-32-43-69-42-28-29-46-82(69)89/h13-67H,1-12H3/i13D,18D,19D,34D,35D. The van der Waals surface area contributed by atoms with Crippen molar-refractivity contribution in [3.05, 3.63) is 378 Å². The fraction of sp³-hybridized carbons (Fsp3) is 0.162. The number of nitrogens with zero attached hydrogens (tertiary/aromatic N) is 2. The molecule has 3 heteroatoms. The van der Waals surface area contributed by atoms with Gasteiger partial charge in [0, 0.05) is 39.4 Å². The smallest absolute Gasteiger partial charge is 0.252 e. The van der Waals surface area contributed by atoms with Crippen molar-refractivity contribution in [1.82, 2.24) is 0 Å². The van der Waals surface area contributed by atoms with Gasteiger partial charge < -0.3 is 9.80 Å². The predicted octanol–water partition coefficient (Wildman–Crippen LogP) is 26.5. The molecule has 18 rings (SSSR count). The normalized spacial score (nSPS) is 15.1. The van der Waals surface area contributed by atoms with Gasteiger partial charge in [-0.3, -0.25) is 0 Å². The van der Waals surface area contributed by atoms with Gasteiger partial charge in [-0.1, -0.05) is 368 Å². The molecule has 0 saturated carbocycles. The van der Waals surface area contributed by atoms with Gasteiger partial charge >= 0.3 is 0 Å². The minimum Gasteiger partial charge on any atom is -0.311 e. The lowest BCUT2D eigenvalue weighted by molar-refractivity contribution is 0.569. The van der Waals surface area contributed by atoms with Crippen LogP contribution in [0.2, 0.25) is 0 Å². The Kier molecular flexibility index (Phi) is 14.9. The van der Waals surface area contributed by atoms with Gasteiger partial charge in [0.05, 0.1) is 23.6 Å². The minimum atomic E-state index is -0.868. The van der Waals surface area contributed by atoms with E-state index in [1.54, 1.807) is 0 Å². The summed E-state index contributed by atoms with van der Waals surface area (Å²) in [4.78, 5) is 5.16. The molecule has 524 valence electrons. The van der Waals surface area contributed by atoms with E-state index in [1.165, 1.54) is 49.9 Å². The molecule has 0 fully saturated rings. The van der Waals surface area contributed by atoms with Crippen LogP contribution in [0.5, 0.6) is 0 Å². The van der Waals surface area contributed by atoms with Gasteiger partial charge in [-0.25, -0.2) is 0 Å². The van der Waals surface area contributed by atoms with Crippen LogP contribution in [-0.2, 0) is 27.1 Å². The molecule has 2 heterocycles. The molecule has 0 saturated heterocycles. The van der Waals surface area contributed by atoms with Crippen LogP contribution in [0.1, 0.15) is 134 Å². The van der Waals surface area contributed by atoms with Gasteiger partial charge in [-0.2, -0.15) is 0 Å². The lowest BCUT2D eigenvalue weighted by Gasteiger charge is -2.46. The van der Waals surface area contributed by atoms with Crippen molar-refractivity contribution < 1.29 is 6.85 Å². The molecule has 0 N–H and O–H groups in total. The molecule has 0 bridgehead atoms. The Hall–Kier alpha value is -11.8. The summed E-state index contributed by atoms with van der Waals surface area (Å²) in [5, 5.41) is 2.33. The van der Waals surface area contributed by atoms with E-state index in [9.17, 15) is 5.48 Å². The van der Waals surface area contributed by atoms with Crippen LogP contribution in [-0.4, -0.2) is 6.71 Å². The summed E-state index contributed by atoms with van der Waals surface area (Å²) in [6, 6.07) is 112. The van der Waals surface area contributed by atoms with Crippen molar-refractivity contribution in [3.8, 4) is 77.9 Å². The largest absolute Gasteiger partial charge is 0.311 e. The first kappa shape index (κ1) is 62.4. The van der Waals surface area contributed by atoms with Crippen LogP contribution in [0.4, 0.5) is 34.1 Å². The number of rotatable bonds is 10. The fourth-order valence-corrected chi connectivity index (χ4v) is 17.6. The van der Waals surface area contributed by atoms with Crippen LogP contribution in [0.15, 0.2) is 334 Å². The van der Waals surface area contributed by atoms with Crippen molar-refractivity contribution in [2.45, 2.75) is 110 Å². The maximum Gasteiger partial charge on any atom is 0.252 e. The Labute approximate surface area is 646 Å². The quantitative estimate of drug-likeness (QED) is 0.126. The van der Waals surface area contributed by atoms with Crippen LogP contribution >= 0.6 is 0 Å². The number of benzene rings is 15. The number of fused-ring (bicyclic) bond motifs is 8. The van der Waals surface area contributed by atoms with E-state index in [0.29, 0.717) is 5.56 Å². The summed E-state index contributed by atoms with van der Waals surface area (Å²) in [7, 11) is 0. The average molecular weight is 1400 g/mol. The average Bonchev–Trinajstić information content (AvgIpc) is 1.62. The third kappa shape index (κ3) is 11.3. The molecule has 15 aromatic carbocycles. The zero-order valence-corrected chi connectivity index (χ0v) is 63.8. The van der Waals surface area contributed by atoms with Crippen LogP contribution in [0.3, 0.4) is 0 Å². The monoisotopic (exact) mass is 1400 g/mol. The molecule has 108 heavy (non-hydrogen) atoms. The lowest BCUT2D eigenvalue weighted by Crippen LogP contribution is -2.61.